The summed E-state index contributed by atoms with van der Waals surface area (Å²) in [5, 5.41) is 0. The van der Waals surface area contributed by atoms with Gasteiger partial charge in [0, 0.05) is 6.20 Å². The molecule has 2 aromatic heterocycles. The van der Waals surface area contributed by atoms with Crippen LogP contribution in [0.15, 0.2) is 60.8 Å². The van der Waals surface area contributed by atoms with Crippen LogP contribution >= 0.6 is 0 Å². The summed E-state index contributed by atoms with van der Waals surface area (Å²) in [6.45, 7) is 0. The zero-order valence-electron chi connectivity index (χ0n) is 10.4. The predicted octanol–water partition coefficient (Wildman–Crippen LogP) is 4.09. The summed E-state index contributed by atoms with van der Waals surface area (Å²) in [6.07, 6.45) is 1.60. The molecule has 0 atom stereocenters. The van der Waals surface area contributed by atoms with Crippen molar-refractivity contribution in [3.8, 4) is 22.4 Å². The molecular weight excluding hydrogens is 258 g/mol. The van der Waals surface area contributed by atoms with E-state index in [0.717, 1.165) is 17.2 Å². The number of halogens is 2. The third kappa shape index (κ3) is 2.40. The summed E-state index contributed by atoms with van der Waals surface area (Å²) in [7, 11) is 0. The molecule has 0 fully saturated rings. The number of pyridine rings is 2. The van der Waals surface area contributed by atoms with Crippen LogP contribution in [0.25, 0.3) is 22.4 Å². The van der Waals surface area contributed by atoms with Gasteiger partial charge in [-0.25, -0.2) is 0 Å². The van der Waals surface area contributed by atoms with Gasteiger partial charge in [0.15, 0.2) is 0 Å². The summed E-state index contributed by atoms with van der Waals surface area (Å²) < 4.78 is 26.5. The molecule has 0 saturated heterocycles. The molecule has 0 aliphatic rings. The monoisotopic (exact) mass is 268 g/mol. The molecule has 98 valence electrons. The molecule has 0 unspecified atom stereocenters. The predicted molar refractivity (Wildman–Crippen MR) is 72.8 cm³/mol. The van der Waals surface area contributed by atoms with Gasteiger partial charge in [0.05, 0.1) is 11.3 Å². The van der Waals surface area contributed by atoms with Crippen LogP contribution in [0, 0.1) is 11.9 Å². The van der Waals surface area contributed by atoms with E-state index in [1.165, 1.54) is 6.07 Å². The lowest BCUT2D eigenvalue weighted by molar-refractivity contribution is 0.515. The number of rotatable bonds is 2. The van der Waals surface area contributed by atoms with Crippen LogP contribution in [0.3, 0.4) is 0 Å². The van der Waals surface area contributed by atoms with Crippen molar-refractivity contribution in [2.75, 3.05) is 0 Å². The molecule has 20 heavy (non-hydrogen) atoms. The standard InChI is InChI=1S/C16H10F2N2/c17-15-7-6-13(16(18)20-15)14-10-12(8-9-19-14)11-4-2-1-3-5-11/h1-10H. The van der Waals surface area contributed by atoms with E-state index >= 15 is 0 Å². The van der Waals surface area contributed by atoms with E-state index in [-0.39, 0.29) is 5.56 Å². The fraction of sp³-hybridized carbons (Fsp3) is 0. The van der Waals surface area contributed by atoms with Crippen molar-refractivity contribution in [1.29, 1.82) is 0 Å². The maximum absolute atomic E-state index is 13.7. The summed E-state index contributed by atoms with van der Waals surface area (Å²) in [4.78, 5) is 7.30. The average molecular weight is 268 g/mol. The van der Waals surface area contributed by atoms with Gasteiger partial charge in [-0.15, -0.1) is 0 Å². The van der Waals surface area contributed by atoms with Crippen LogP contribution in [0.4, 0.5) is 8.78 Å². The first-order valence-corrected chi connectivity index (χ1v) is 6.08. The highest BCUT2D eigenvalue weighted by molar-refractivity contribution is 5.70. The first-order valence-electron chi connectivity index (χ1n) is 6.08. The zero-order chi connectivity index (χ0) is 13.9. The fourth-order valence-corrected chi connectivity index (χ4v) is 1.99. The third-order valence-corrected chi connectivity index (χ3v) is 2.96. The van der Waals surface area contributed by atoms with Gasteiger partial charge in [-0.1, -0.05) is 30.3 Å². The minimum Gasteiger partial charge on any atom is -0.256 e. The molecule has 0 N–H and O–H groups in total. The Morgan fingerprint density at radius 3 is 2.35 bits per heavy atom. The molecule has 0 bridgehead atoms. The van der Waals surface area contributed by atoms with Crippen molar-refractivity contribution in [2.45, 2.75) is 0 Å². The van der Waals surface area contributed by atoms with Gasteiger partial charge in [0.25, 0.3) is 0 Å². The molecular formula is C16H10F2N2. The molecule has 0 radical (unpaired) electrons. The Kier molecular flexibility index (Phi) is 3.21. The van der Waals surface area contributed by atoms with Crippen molar-refractivity contribution in [3.05, 3.63) is 72.7 Å². The van der Waals surface area contributed by atoms with E-state index in [1.807, 2.05) is 36.4 Å². The Hall–Kier alpha value is -2.62. The van der Waals surface area contributed by atoms with Crippen molar-refractivity contribution in [1.82, 2.24) is 9.97 Å². The minimum atomic E-state index is -0.859. The first-order chi connectivity index (χ1) is 9.74. The highest BCUT2D eigenvalue weighted by Gasteiger charge is 2.10. The van der Waals surface area contributed by atoms with Gasteiger partial charge >= 0.3 is 0 Å². The average Bonchev–Trinajstić information content (AvgIpc) is 2.48. The number of hydrogen-bond acceptors (Lipinski definition) is 2. The van der Waals surface area contributed by atoms with Crippen molar-refractivity contribution >= 4 is 0 Å². The quantitative estimate of drug-likeness (QED) is 0.654. The van der Waals surface area contributed by atoms with Gasteiger partial charge < -0.3 is 0 Å². The molecule has 3 rings (SSSR count). The van der Waals surface area contributed by atoms with Crippen LogP contribution in [-0.4, -0.2) is 9.97 Å². The second kappa shape index (κ2) is 5.17. The second-order valence-corrected chi connectivity index (χ2v) is 4.27. The second-order valence-electron chi connectivity index (χ2n) is 4.27. The molecule has 0 amide bonds. The van der Waals surface area contributed by atoms with Gasteiger partial charge in [-0.05, 0) is 35.4 Å². The minimum absolute atomic E-state index is 0.184. The fourth-order valence-electron chi connectivity index (χ4n) is 1.99. The Bertz CT molecular complexity index is 742. The van der Waals surface area contributed by atoms with Crippen LogP contribution in [0.1, 0.15) is 0 Å². The van der Waals surface area contributed by atoms with Gasteiger partial charge in [0.2, 0.25) is 11.9 Å². The molecule has 0 aliphatic carbocycles. The number of nitrogens with zero attached hydrogens (tertiary/aromatic N) is 2. The van der Waals surface area contributed by atoms with E-state index in [0.29, 0.717) is 5.69 Å². The summed E-state index contributed by atoms with van der Waals surface area (Å²) in [6, 6.07) is 15.8. The van der Waals surface area contributed by atoms with Crippen LogP contribution < -0.4 is 0 Å². The SMILES string of the molecule is Fc1ccc(-c2cc(-c3ccccc3)ccn2)c(F)n1. The van der Waals surface area contributed by atoms with E-state index in [1.54, 1.807) is 12.3 Å². The molecule has 0 spiro atoms. The van der Waals surface area contributed by atoms with E-state index in [9.17, 15) is 8.78 Å². The van der Waals surface area contributed by atoms with Crippen LogP contribution in [0.5, 0.6) is 0 Å². The van der Waals surface area contributed by atoms with Gasteiger partial charge in [-0.3, -0.25) is 4.98 Å². The van der Waals surface area contributed by atoms with Crippen LogP contribution in [0.2, 0.25) is 0 Å². The zero-order valence-corrected chi connectivity index (χ0v) is 10.4. The van der Waals surface area contributed by atoms with E-state index < -0.39 is 11.9 Å². The van der Waals surface area contributed by atoms with Crippen LogP contribution in [-0.2, 0) is 0 Å². The molecule has 0 aliphatic heterocycles. The summed E-state index contributed by atoms with van der Waals surface area (Å²) in [5.74, 6) is -1.70. The molecule has 3 aromatic rings. The number of hydrogen-bond donors (Lipinski definition) is 0. The number of benzene rings is 1. The lowest BCUT2D eigenvalue weighted by Gasteiger charge is -2.05. The summed E-state index contributed by atoms with van der Waals surface area (Å²) >= 11 is 0. The van der Waals surface area contributed by atoms with E-state index in [2.05, 4.69) is 9.97 Å². The molecule has 0 saturated carbocycles. The van der Waals surface area contributed by atoms with Gasteiger partial charge in [0.1, 0.15) is 0 Å². The molecule has 4 heteroatoms. The lowest BCUT2D eigenvalue weighted by atomic mass is 10.0. The smallest absolute Gasteiger partial charge is 0.224 e. The Balaban J connectivity index is 2.08. The van der Waals surface area contributed by atoms with Crippen molar-refractivity contribution < 1.29 is 8.78 Å². The maximum Gasteiger partial charge on any atom is 0.224 e. The Morgan fingerprint density at radius 2 is 1.60 bits per heavy atom. The molecule has 2 heterocycles. The largest absolute Gasteiger partial charge is 0.256 e. The van der Waals surface area contributed by atoms with Gasteiger partial charge in [-0.2, -0.15) is 13.8 Å². The topological polar surface area (TPSA) is 25.8 Å². The highest BCUT2D eigenvalue weighted by atomic mass is 19.1. The Labute approximate surface area is 114 Å². The molecule has 1 aromatic carbocycles. The number of aromatic nitrogens is 2. The summed E-state index contributed by atoms with van der Waals surface area (Å²) in [5.41, 5.74) is 2.53. The van der Waals surface area contributed by atoms with Crippen molar-refractivity contribution in [2.24, 2.45) is 0 Å². The third-order valence-electron chi connectivity index (χ3n) is 2.96. The highest BCUT2D eigenvalue weighted by Crippen LogP contribution is 2.25. The van der Waals surface area contributed by atoms with E-state index in [4.69, 9.17) is 0 Å². The maximum atomic E-state index is 13.7. The lowest BCUT2D eigenvalue weighted by Crippen LogP contribution is -1.94. The normalized spacial score (nSPS) is 10.5. The Morgan fingerprint density at radius 1 is 0.800 bits per heavy atom. The van der Waals surface area contributed by atoms with Crippen molar-refractivity contribution in [3.63, 3.8) is 0 Å². The molecule has 2 nitrogen and oxygen atoms in total. The first kappa shape index (κ1) is 12.4.